The molecule has 0 amide bonds. The van der Waals surface area contributed by atoms with Gasteiger partial charge in [0.25, 0.3) is 0 Å². The summed E-state index contributed by atoms with van der Waals surface area (Å²) in [5.74, 6) is 0.000700. The van der Waals surface area contributed by atoms with Crippen LogP contribution in [0.1, 0.15) is 35.3 Å². The second-order valence-electron chi connectivity index (χ2n) is 7.18. The van der Waals surface area contributed by atoms with Gasteiger partial charge < -0.3 is 5.32 Å². The predicted molar refractivity (Wildman–Crippen MR) is 101 cm³/mol. The van der Waals surface area contributed by atoms with Gasteiger partial charge in [-0.2, -0.15) is 0 Å². The molecule has 2 heterocycles. The van der Waals surface area contributed by atoms with Crippen LogP contribution in [0.25, 0.3) is 16.6 Å². The molecular formula is C22H20N2O. The molecule has 0 saturated heterocycles. The van der Waals surface area contributed by atoms with Crippen LogP contribution in [0.5, 0.6) is 0 Å². The summed E-state index contributed by atoms with van der Waals surface area (Å²) in [7, 11) is 0. The summed E-state index contributed by atoms with van der Waals surface area (Å²) in [6.07, 6.45) is 4.42. The second-order valence-corrected chi connectivity index (χ2v) is 7.18. The molecule has 0 atom stereocenters. The van der Waals surface area contributed by atoms with Gasteiger partial charge in [0.1, 0.15) is 0 Å². The van der Waals surface area contributed by atoms with Gasteiger partial charge in [-0.25, -0.2) is 0 Å². The molecule has 0 fully saturated rings. The third-order valence-electron chi connectivity index (χ3n) is 4.58. The quantitative estimate of drug-likeness (QED) is 0.560. The first-order valence-electron chi connectivity index (χ1n) is 8.49. The van der Waals surface area contributed by atoms with Crippen LogP contribution in [0, 0.1) is 0 Å². The molecule has 0 saturated carbocycles. The minimum absolute atomic E-state index is 0.000700. The molecule has 3 nitrogen and oxygen atoms in total. The Bertz CT molecular complexity index is 1000. The number of hydrogen-bond acceptors (Lipinski definition) is 3. The number of nitrogens with one attached hydrogen (secondary N) is 1. The molecule has 0 bridgehead atoms. The van der Waals surface area contributed by atoms with E-state index in [1.54, 1.807) is 12.3 Å². The van der Waals surface area contributed by atoms with Gasteiger partial charge in [0.2, 0.25) is 0 Å². The topological polar surface area (TPSA) is 42.0 Å². The molecule has 1 aromatic heterocycles. The Labute approximate surface area is 147 Å². The van der Waals surface area contributed by atoms with E-state index in [9.17, 15) is 4.79 Å². The van der Waals surface area contributed by atoms with E-state index in [4.69, 9.17) is 0 Å². The number of hydrogen-bond donors (Lipinski definition) is 1. The van der Waals surface area contributed by atoms with Crippen molar-refractivity contribution in [2.75, 3.05) is 0 Å². The van der Waals surface area contributed by atoms with Crippen LogP contribution in [0.3, 0.4) is 0 Å². The zero-order valence-corrected chi connectivity index (χ0v) is 14.4. The van der Waals surface area contributed by atoms with Crippen molar-refractivity contribution in [1.82, 2.24) is 10.3 Å². The minimum Gasteiger partial charge on any atom is -0.379 e. The number of aromatic nitrogens is 1. The zero-order valence-electron chi connectivity index (χ0n) is 14.4. The number of allylic oxidation sites excluding steroid dienone is 1. The van der Waals surface area contributed by atoms with Gasteiger partial charge in [-0.1, -0.05) is 30.3 Å². The number of carbonyl (C=O) groups is 1. The van der Waals surface area contributed by atoms with E-state index in [1.165, 1.54) is 5.56 Å². The first kappa shape index (κ1) is 15.6. The van der Waals surface area contributed by atoms with E-state index in [0.29, 0.717) is 5.56 Å². The molecule has 124 valence electrons. The van der Waals surface area contributed by atoms with E-state index in [-0.39, 0.29) is 11.3 Å². The smallest absolute Gasteiger partial charge is 0.187 e. The molecule has 1 aliphatic heterocycles. The van der Waals surface area contributed by atoms with Crippen molar-refractivity contribution >= 4 is 22.4 Å². The molecule has 3 heteroatoms. The molecule has 0 spiro atoms. The standard InChI is InChI=1S/C22H20N2O/c1-22(2)14-17-6-3-4-8-18(17)20(24-22)13-21(25)16-9-10-19-15(12-16)7-5-11-23-19/h3-13,24H,14H2,1-2H3/b20-13-. The average molecular weight is 328 g/mol. The Morgan fingerprint density at radius 3 is 2.84 bits per heavy atom. The van der Waals surface area contributed by atoms with Crippen LogP contribution >= 0.6 is 0 Å². The summed E-state index contributed by atoms with van der Waals surface area (Å²) < 4.78 is 0. The third kappa shape index (κ3) is 3.05. The number of fused-ring (bicyclic) bond motifs is 2. The first-order valence-corrected chi connectivity index (χ1v) is 8.49. The number of carbonyl (C=O) groups excluding carboxylic acids is 1. The molecule has 1 aliphatic rings. The maximum absolute atomic E-state index is 12.8. The highest BCUT2D eigenvalue weighted by molar-refractivity contribution is 6.10. The highest BCUT2D eigenvalue weighted by Gasteiger charge is 2.27. The van der Waals surface area contributed by atoms with Crippen LogP contribution in [0.4, 0.5) is 0 Å². The maximum Gasteiger partial charge on any atom is 0.187 e. The highest BCUT2D eigenvalue weighted by Crippen LogP contribution is 2.29. The lowest BCUT2D eigenvalue weighted by Crippen LogP contribution is -2.43. The lowest BCUT2D eigenvalue weighted by Gasteiger charge is -2.35. The van der Waals surface area contributed by atoms with Gasteiger partial charge in [0.15, 0.2) is 5.78 Å². The summed E-state index contributed by atoms with van der Waals surface area (Å²) in [6.45, 7) is 4.31. The molecule has 25 heavy (non-hydrogen) atoms. The Morgan fingerprint density at radius 2 is 1.96 bits per heavy atom. The number of nitrogens with zero attached hydrogens (tertiary/aromatic N) is 1. The monoisotopic (exact) mass is 328 g/mol. The average Bonchev–Trinajstić information content (AvgIpc) is 2.60. The second kappa shape index (κ2) is 5.85. The van der Waals surface area contributed by atoms with Crippen LogP contribution in [-0.2, 0) is 6.42 Å². The fraction of sp³-hybridized carbons (Fsp3) is 0.182. The van der Waals surface area contributed by atoms with Crippen molar-refractivity contribution in [2.24, 2.45) is 0 Å². The van der Waals surface area contributed by atoms with Gasteiger partial charge in [-0.3, -0.25) is 9.78 Å². The summed E-state index contributed by atoms with van der Waals surface area (Å²) in [5.41, 5.74) is 4.77. The molecule has 0 radical (unpaired) electrons. The molecule has 0 aliphatic carbocycles. The van der Waals surface area contributed by atoms with Gasteiger partial charge in [-0.05, 0) is 50.1 Å². The SMILES string of the molecule is CC1(C)Cc2ccccc2/C(=C/C(=O)c2ccc3ncccc3c2)N1. The van der Waals surface area contributed by atoms with E-state index < -0.39 is 0 Å². The molecule has 2 aromatic carbocycles. The number of rotatable bonds is 2. The van der Waals surface area contributed by atoms with Crippen LogP contribution in [-0.4, -0.2) is 16.3 Å². The van der Waals surface area contributed by atoms with Crippen molar-refractivity contribution in [2.45, 2.75) is 25.8 Å². The maximum atomic E-state index is 12.8. The van der Waals surface area contributed by atoms with Crippen molar-refractivity contribution in [1.29, 1.82) is 0 Å². The normalized spacial score (nSPS) is 17.1. The first-order chi connectivity index (χ1) is 12.0. The lowest BCUT2D eigenvalue weighted by atomic mass is 9.85. The number of ketones is 1. The Morgan fingerprint density at radius 1 is 1.12 bits per heavy atom. The minimum atomic E-state index is -0.0756. The van der Waals surface area contributed by atoms with Crippen molar-refractivity contribution in [3.05, 3.63) is 83.6 Å². The summed E-state index contributed by atoms with van der Waals surface area (Å²) >= 11 is 0. The van der Waals surface area contributed by atoms with E-state index >= 15 is 0 Å². The van der Waals surface area contributed by atoms with Crippen molar-refractivity contribution in [3.63, 3.8) is 0 Å². The molecular weight excluding hydrogens is 308 g/mol. The Hall–Kier alpha value is -2.94. The van der Waals surface area contributed by atoms with Crippen LogP contribution < -0.4 is 5.32 Å². The largest absolute Gasteiger partial charge is 0.379 e. The molecule has 3 aromatic rings. The van der Waals surface area contributed by atoms with E-state index in [2.05, 4.69) is 42.3 Å². The number of benzene rings is 2. The van der Waals surface area contributed by atoms with Gasteiger partial charge in [0, 0.05) is 40.0 Å². The Kier molecular flexibility index (Phi) is 3.65. The fourth-order valence-electron chi connectivity index (χ4n) is 3.45. The van der Waals surface area contributed by atoms with E-state index in [0.717, 1.165) is 28.6 Å². The Balaban J connectivity index is 1.75. The zero-order chi connectivity index (χ0) is 17.4. The van der Waals surface area contributed by atoms with Crippen molar-refractivity contribution in [3.8, 4) is 0 Å². The van der Waals surface area contributed by atoms with Gasteiger partial charge in [-0.15, -0.1) is 0 Å². The molecule has 1 N–H and O–H groups in total. The van der Waals surface area contributed by atoms with Gasteiger partial charge in [0.05, 0.1) is 5.52 Å². The fourth-order valence-corrected chi connectivity index (χ4v) is 3.45. The van der Waals surface area contributed by atoms with Crippen LogP contribution in [0.2, 0.25) is 0 Å². The summed E-state index contributed by atoms with van der Waals surface area (Å²) in [4.78, 5) is 17.1. The third-order valence-corrected chi connectivity index (χ3v) is 4.58. The molecule has 0 unspecified atom stereocenters. The summed E-state index contributed by atoms with van der Waals surface area (Å²) in [6, 6.07) is 17.8. The molecule has 4 rings (SSSR count). The summed E-state index contributed by atoms with van der Waals surface area (Å²) in [5, 5.41) is 4.49. The number of pyridine rings is 1. The lowest BCUT2D eigenvalue weighted by molar-refractivity contribution is 0.104. The predicted octanol–water partition coefficient (Wildman–Crippen LogP) is 4.38. The van der Waals surface area contributed by atoms with Crippen molar-refractivity contribution < 1.29 is 4.79 Å². The van der Waals surface area contributed by atoms with Gasteiger partial charge >= 0.3 is 0 Å². The highest BCUT2D eigenvalue weighted by atomic mass is 16.1. The van der Waals surface area contributed by atoms with Crippen LogP contribution in [0.15, 0.2) is 66.9 Å². The van der Waals surface area contributed by atoms with E-state index in [1.807, 2.05) is 36.4 Å².